The van der Waals surface area contributed by atoms with Crippen LogP contribution < -0.4 is 0 Å². The van der Waals surface area contributed by atoms with Crippen LogP contribution in [0, 0.1) is 0 Å². The molecule has 0 aliphatic carbocycles. The summed E-state index contributed by atoms with van der Waals surface area (Å²) in [5.74, 6) is 0. The molecule has 0 saturated carbocycles. The second-order valence-corrected chi connectivity index (χ2v) is 24.3. The van der Waals surface area contributed by atoms with Crippen LogP contribution in [0.5, 0.6) is 0 Å². The van der Waals surface area contributed by atoms with Crippen molar-refractivity contribution in [3.63, 3.8) is 0 Å². The fourth-order valence-corrected chi connectivity index (χ4v) is 12.5. The summed E-state index contributed by atoms with van der Waals surface area (Å²) in [6.07, 6.45) is 5.92. The Bertz CT molecular complexity index is 699. The molecule has 0 unspecified atom stereocenters. The van der Waals surface area contributed by atoms with Crippen LogP contribution in [0.1, 0.15) is 26.7 Å². The Morgan fingerprint density at radius 1 is 0.783 bits per heavy atom. The zero-order chi connectivity index (χ0) is 16.7. The minimum atomic E-state index is -2.43. The molecule has 2 aromatic heterocycles. The molecule has 2 nitrogen and oxygen atoms in total. The van der Waals surface area contributed by atoms with E-state index in [0.29, 0.717) is 0 Å². The first-order valence-corrected chi connectivity index (χ1v) is 19.3. The van der Waals surface area contributed by atoms with Gasteiger partial charge in [-0.25, -0.2) is 0 Å². The van der Waals surface area contributed by atoms with Gasteiger partial charge >= 0.3 is 69.5 Å². The fourth-order valence-electron chi connectivity index (χ4n) is 2.54. The van der Waals surface area contributed by atoms with Crippen LogP contribution in [-0.2, 0) is 0 Å². The van der Waals surface area contributed by atoms with Gasteiger partial charge in [-0.2, -0.15) is 0 Å². The first kappa shape index (κ1) is 18.8. The summed E-state index contributed by atoms with van der Waals surface area (Å²) >= 11 is -2.43. The quantitative estimate of drug-likeness (QED) is 0.331. The van der Waals surface area contributed by atoms with Gasteiger partial charge in [0.2, 0.25) is 0 Å². The van der Waals surface area contributed by atoms with E-state index in [-0.39, 0.29) is 0 Å². The largest absolute Gasteiger partial charge is 0.254 e. The van der Waals surface area contributed by atoms with Crippen LogP contribution in [-0.4, -0.2) is 26.1 Å². The van der Waals surface area contributed by atoms with E-state index in [1.165, 1.54) is 0 Å². The van der Waals surface area contributed by atoms with Gasteiger partial charge in [-0.05, 0) is 12.1 Å². The number of hydrogen-bond acceptors (Lipinski definition) is 2. The first-order valence-electron chi connectivity index (χ1n) is 8.03. The number of pyridine rings is 2. The van der Waals surface area contributed by atoms with Crippen molar-refractivity contribution in [1.29, 1.82) is 0 Å². The van der Waals surface area contributed by atoms with Crippen LogP contribution in [0.2, 0.25) is 8.87 Å². The van der Waals surface area contributed by atoms with E-state index in [2.05, 4.69) is 48.1 Å². The summed E-state index contributed by atoms with van der Waals surface area (Å²) in [7, 11) is 12.2. The van der Waals surface area contributed by atoms with Crippen molar-refractivity contribution in [2.45, 2.75) is 35.6 Å². The van der Waals surface area contributed by atoms with Gasteiger partial charge in [0, 0.05) is 23.2 Å². The molecule has 0 radical (unpaired) electrons. The average Bonchev–Trinajstić information content (AvgIpc) is 2.55. The van der Waals surface area contributed by atoms with Gasteiger partial charge in [-0.3, -0.25) is 9.97 Å². The minimum absolute atomic E-state index is 0.977. The Morgan fingerprint density at radius 3 is 1.61 bits per heavy atom. The fraction of sp³-hybridized carbons (Fsp3) is 0.333. The third-order valence-electron chi connectivity index (χ3n) is 3.58. The van der Waals surface area contributed by atoms with E-state index < -0.39 is 16.1 Å². The van der Waals surface area contributed by atoms with Crippen LogP contribution in [0.4, 0.5) is 0 Å². The van der Waals surface area contributed by atoms with E-state index in [9.17, 15) is 0 Å². The predicted octanol–water partition coefficient (Wildman–Crippen LogP) is 6.51. The van der Waals surface area contributed by atoms with E-state index in [1.54, 1.807) is 12.4 Å². The third kappa shape index (κ3) is 5.47. The molecule has 0 amide bonds. The minimum Gasteiger partial charge on any atom is -0.254 e. The molecular formula is C18H22Cl2N2Sn. The van der Waals surface area contributed by atoms with Crippen molar-refractivity contribution in [2.24, 2.45) is 0 Å². The number of fused-ring (bicyclic) bond motifs is 3. The summed E-state index contributed by atoms with van der Waals surface area (Å²) in [6, 6.07) is 12.1. The zero-order valence-electron chi connectivity index (χ0n) is 13.6. The molecule has 0 atom stereocenters. The summed E-state index contributed by atoms with van der Waals surface area (Å²) < 4.78 is 2.23. The molecule has 0 fully saturated rings. The topological polar surface area (TPSA) is 25.8 Å². The number of halogens is 2. The van der Waals surface area contributed by atoms with Crippen molar-refractivity contribution in [2.75, 3.05) is 0 Å². The van der Waals surface area contributed by atoms with Gasteiger partial charge in [0.15, 0.2) is 0 Å². The maximum Gasteiger partial charge on any atom is 0.0964 e. The van der Waals surface area contributed by atoms with E-state index in [0.717, 1.165) is 43.5 Å². The van der Waals surface area contributed by atoms with Crippen LogP contribution in [0.15, 0.2) is 48.8 Å². The molecule has 0 aliphatic heterocycles. The molecule has 0 saturated heterocycles. The summed E-state index contributed by atoms with van der Waals surface area (Å²) in [4.78, 5) is 8.69. The number of hydrogen-bond donors (Lipinski definition) is 0. The van der Waals surface area contributed by atoms with E-state index in [4.69, 9.17) is 17.8 Å². The van der Waals surface area contributed by atoms with Crippen LogP contribution in [0.3, 0.4) is 0 Å². The van der Waals surface area contributed by atoms with Crippen molar-refractivity contribution in [3.05, 3.63) is 48.8 Å². The number of aromatic nitrogens is 2. The summed E-state index contributed by atoms with van der Waals surface area (Å²) in [5.41, 5.74) is 1.95. The number of benzene rings is 1. The molecule has 3 rings (SSSR count). The van der Waals surface area contributed by atoms with Crippen molar-refractivity contribution in [1.82, 2.24) is 9.97 Å². The molecule has 0 N–H and O–H groups in total. The van der Waals surface area contributed by atoms with Crippen molar-refractivity contribution < 1.29 is 0 Å². The van der Waals surface area contributed by atoms with Crippen LogP contribution >= 0.6 is 17.8 Å². The predicted molar refractivity (Wildman–Crippen MR) is 105 cm³/mol. The Labute approximate surface area is 149 Å². The molecule has 0 spiro atoms. The zero-order valence-corrected chi connectivity index (χ0v) is 18.0. The molecule has 5 heteroatoms. The molecule has 122 valence electrons. The SMILES string of the molecule is CC[CH2][Sn]([Cl])([Cl])[CH2]CC.c1cnc2c(c1)ccc1cccnc12. The summed E-state index contributed by atoms with van der Waals surface area (Å²) in [6.45, 7) is 4.29. The molecule has 0 aliphatic rings. The van der Waals surface area contributed by atoms with Gasteiger partial charge in [-0.1, -0.05) is 24.3 Å². The normalized spacial score (nSPS) is 11.3. The van der Waals surface area contributed by atoms with Gasteiger partial charge in [0.1, 0.15) is 0 Å². The maximum absolute atomic E-state index is 6.11. The van der Waals surface area contributed by atoms with Crippen molar-refractivity contribution >= 4 is 55.8 Å². The Kier molecular flexibility index (Phi) is 7.38. The van der Waals surface area contributed by atoms with Gasteiger partial charge in [0.25, 0.3) is 0 Å². The Morgan fingerprint density at radius 2 is 1.22 bits per heavy atom. The monoisotopic (exact) mass is 456 g/mol. The Balaban J connectivity index is 0.000000188. The second-order valence-electron chi connectivity index (χ2n) is 5.57. The van der Waals surface area contributed by atoms with Gasteiger partial charge < -0.3 is 0 Å². The summed E-state index contributed by atoms with van der Waals surface area (Å²) in [5, 5.41) is 2.28. The smallest absolute Gasteiger partial charge is 0.0964 e. The van der Waals surface area contributed by atoms with Gasteiger partial charge in [-0.15, -0.1) is 0 Å². The van der Waals surface area contributed by atoms with Gasteiger partial charge in [0.05, 0.1) is 11.0 Å². The first-order chi connectivity index (χ1) is 11.1. The van der Waals surface area contributed by atoms with Crippen molar-refractivity contribution in [3.8, 4) is 0 Å². The molecular weight excluding hydrogens is 434 g/mol. The molecule has 3 aromatic rings. The second kappa shape index (κ2) is 9.05. The van der Waals surface area contributed by atoms with E-state index >= 15 is 0 Å². The third-order valence-corrected chi connectivity index (χ3v) is 15.7. The standard InChI is InChI=1S/C12H8N2.2C3H7.2ClH.Sn/c1-3-9-5-6-10-4-2-8-14-12(10)11(9)13-7-1;2*1-3-2;;;/h1-8H;2*1,3H2,2H3;2*1H;/q;;;;;+2/p-2. The number of nitrogens with zero attached hydrogens (tertiary/aromatic N) is 2. The molecule has 23 heavy (non-hydrogen) atoms. The van der Waals surface area contributed by atoms with Crippen LogP contribution in [0.25, 0.3) is 21.8 Å². The Hall–Kier alpha value is -0.581. The maximum atomic E-state index is 6.11. The van der Waals surface area contributed by atoms with E-state index in [1.807, 2.05) is 12.1 Å². The average molecular weight is 456 g/mol. The number of rotatable bonds is 4. The molecule has 2 heterocycles. The molecule has 0 bridgehead atoms. The molecule has 1 aromatic carbocycles.